The molecule has 28 heavy (non-hydrogen) atoms. The predicted octanol–water partition coefficient (Wildman–Crippen LogP) is 4.11. The molecule has 0 bridgehead atoms. The zero-order valence-corrected chi connectivity index (χ0v) is 15.6. The van der Waals surface area contributed by atoms with Crippen LogP contribution in [0, 0.1) is 11.6 Å². The molecule has 3 aromatic rings. The molecule has 144 valence electrons. The molecular weight excluding hydrogens is 412 g/mol. The fourth-order valence-electron chi connectivity index (χ4n) is 2.63. The number of benzene rings is 2. The van der Waals surface area contributed by atoms with Crippen molar-refractivity contribution in [2.75, 3.05) is 0 Å². The lowest BCUT2D eigenvalue weighted by Gasteiger charge is -2.19. The number of rotatable bonds is 6. The summed E-state index contributed by atoms with van der Waals surface area (Å²) in [6.07, 6.45) is 1.12. The van der Waals surface area contributed by atoms with Crippen molar-refractivity contribution in [2.45, 2.75) is 10.1 Å². The maximum absolute atomic E-state index is 14.5. The molecule has 0 aliphatic heterocycles. The highest BCUT2D eigenvalue weighted by Gasteiger charge is 2.34. The van der Waals surface area contributed by atoms with Crippen LogP contribution in [0.4, 0.5) is 8.78 Å². The van der Waals surface area contributed by atoms with Crippen molar-refractivity contribution in [1.29, 1.82) is 0 Å². The highest BCUT2D eigenvalue weighted by atomic mass is 35.5. The number of pyridine rings is 1. The molecule has 0 saturated heterocycles. The molecule has 1 atom stereocenters. The molecule has 0 amide bonds. The number of carbonyl (C=O) groups is 1. The van der Waals surface area contributed by atoms with Gasteiger partial charge in [-0.2, -0.15) is 0 Å². The molecule has 5 nitrogen and oxygen atoms in total. The van der Waals surface area contributed by atoms with Crippen LogP contribution in [-0.4, -0.2) is 19.9 Å². The average molecular weight is 424 g/mol. The first-order valence-corrected chi connectivity index (χ1v) is 9.76. The summed E-state index contributed by atoms with van der Waals surface area (Å²) in [5, 5.41) is -1.31. The van der Waals surface area contributed by atoms with E-state index in [0.717, 1.165) is 24.4 Å². The van der Waals surface area contributed by atoms with E-state index in [1.54, 1.807) is 0 Å². The molecule has 0 spiro atoms. The summed E-state index contributed by atoms with van der Waals surface area (Å²) in [6.45, 7) is 0.185. The summed E-state index contributed by atoms with van der Waals surface area (Å²) in [5.74, 6) is -1.63. The van der Waals surface area contributed by atoms with Crippen LogP contribution >= 0.6 is 11.6 Å². The van der Waals surface area contributed by atoms with Gasteiger partial charge in [0, 0.05) is 10.6 Å². The first kappa shape index (κ1) is 19.9. The molecule has 3 rings (SSSR count). The maximum atomic E-state index is 14.5. The third kappa shape index (κ3) is 4.02. The summed E-state index contributed by atoms with van der Waals surface area (Å²) < 4.78 is 59.4. The van der Waals surface area contributed by atoms with Crippen molar-refractivity contribution in [2.24, 2.45) is 0 Å². The lowest BCUT2D eigenvalue weighted by atomic mass is 10.1. The molecule has 9 heteroatoms. The Morgan fingerprint density at radius 2 is 1.75 bits per heavy atom. The van der Waals surface area contributed by atoms with Gasteiger partial charge in [-0.25, -0.2) is 17.2 Å². The topological polar surface area (TPSA) is 73.3 Å². The van der Waals surface area contributed by atoms with Crippen LogP contribution in [0.15, 0.2) is 65.7 Å². The zero-order valence-electron chi connectivity index (χ0n) is 14.1. The quantitative estimate of drug-likeness (QED) is 0.558. The van der Waals surface area contributed by atoms with E-state index in [-0.39, 0.29) is 22.8 Å². The molecule has 0 saturated carbocycles. The van der Waals surface area contributed by atoms with Gasteiger partial charge >= 0.3 is 0 Å². The van der Waals surface area contributed by atoms with Crippen molar-refractivity contribution >= 4 is 27.9 Å². The highest BCUT2D eigenvalue weighted by Crippen LogP contribution is 2.36. The Hall–Kier alpha value is -2.84. The Labute approximate surface area is 164 Å². The van der Waals surface area contributed by atoms with Crippen LogP contribution in [0.1, 0.15) is 16.5 Å². The van der Waals surface area contributed by atoms with Gasteiger partial charge in [0.2, 0.25) is 0 Å². The first-order chi connectivity index (χ1) is 13.3. The van der Waals surface area contributed by atoms with E-state index in [4.69, 9.17) is 11.6 Å². The largest absolute Gasteiger partial charge is 0.427 e. The van der Waals surface area contributed by atoms with Gasteiger partial charge in [0.15, 0.2) is 9.84 Å². The maximum Gasteiger partial charge on any atom is 0.298 e. The highest BCUT2D eigenvalue weighted by molar-refractivity contribution is 7.91. The third-order valence-electron chi connectivity index (χ3n) is 3.91. The molecule has 0 aliphatic carbocycles. The number of hydrogen-bond acceptors (Lipinski definition) is 5. The van der Waals surface area contributed by atoms with Crippen LogP contribution < -0.4 is 4.74 Å². The van der Waals surface area contributed by atoms with Gasteiger partial charge in [0.25, 0.3) is 6.47 Å². The van der Waals surface area contributed by atoms with E-state index in [1.165, 1.54) is 36.4 Å². The van der Waals surface area contributed by atoms with Crippen molar-refractivity contribution in [3.63, 3.8) is 0 Å². The van der Waals surface area contributed by atoms with Gasteiger partial charge in [-0.05, 0) is 54.6 Å². The monoisotopic (exact) mass is 423 g/mol. The molecule has 0 fully saturated rings. The summed E-state index contributed by atoms with van der Waals surface area (Å²) in [5.41, 5.74) is -0.468. The lowest BCUT2D eigenvalue weighted by Crippen LogP contribution is -2.18. The minimum absolute atomic E-state index is 0.0705. The lowest BCUT2D eigenvalue weighted by molar-refractivity contribution is -0.120. The standard InChI is InChI=1S/C19H12ClF2NO4S/c20-12-1-5-15(6-2-12)28(25,26)19(16-9-13(21)3-7-17(16)22)18-8-4-14(10-23-18)27-11-24/h1-11,19H. The van der Waals surface area contributed by atoms with E-state index >= 15 is 0 Å². The second kappa shape index (κ2) is 8.04. The number of aromatic nitrogens is 1. The van der Waals surface area contributed by atoms with Gasteiger partial charge in [0.1, 0.15) is 22.6 Å². The number of halogens is 3. The van der Waals surface area contributed by atoms with Gasteiger partial charge in [-0.15, -0.1) is 0 Å². The SMILES string of the molecule is O=COc1ccc(C(c2cc(F)ccc2F)S(=O)(=O)c2ccc(Cl)cc2)nc1. The van der Waals surface area contributed by atoms with Crippen LogP contribution in [0.2, 0.25) is 5.02 Å². The van der Waals surface area contributed by atoms with Crippen molar-refractivity contribution in [3.05, 3.63) is 88.7 Å². The first-order valence-electron chi connectivity index (χ1n) is 7.83. The predicted molar refractivity (Wildman–Crippen MR) is 97.8 cm³/mol. The number of hydrogen-bond donors (Lipinski definition) is 0. The smallest absolute Gasteiger partial charge is 0.298 e. The van der Waals surface area contributed by atoms with Crippen LogP contribution in [0.5, 0.6) is 5.75 Å². The Bertz CT molecular complexity index is 1100. The Kier molecular flexibility index (Phi) is 5.71. The van der Waals surface area contributed by atoms with E-state index in [0.29, 0.717) is 5.02 Å². The van der Waals surface area contributed by atoms with Gasteiger partial charge in [0.05, 0.1) is 16.8 Å². The van der Waals surface area contributed by atoms with Crippen LogP contribution in [0.25, 0.3) is 0 Å². The average Bonchev–Trinajstić information content (AvgIpc) is 2.66. The Morgan fingerprint density at radius 1 is 1.04 bits per heavy atom. The fraction of sp³-hybridized carbons (Fsp3) is 0.0526. The van der Waals surface area contributed by atoms with Gasteiger partial charge in [-0.3, -0.25) is 9.78 Å². The molecule has 1 heterocycles. The number of ether oxygens (including phenoxy) is 1. The molecule has 1 unspecified atom stereocenters. The van der Waals surface area contributed by atoms with E-state index in [2.05, 4.69) is 9.72 Å². The Balaban J connectivity index is 2.20. The molecule has 0 aliphatic rings. The molecule has 1 aromatic heterocycles. The van der Waals surface area contributed by atoms with Gasteiger partial charge < -0.3 is 4.74 Å². The zero-order chi connectivity index (χ0) is 20.3. The van der Waals surface area contributed by atoms with E-state index in [1.807, 2.05) is 0 Å². The molecular formula is C19H12ClF2NO4S. The summed E-state index contributed by atoms with van der Waals surface area (Å²) in [4.78, 5) is 14.3. The van der Waals surface area contributed by atoms with Crippen LogP contribution in [0.3, 0.4) is 0 Å². The van der Waals surface area contributed by atoms with E-state index in [9.17, 15) is 22.0 Å². The van der Waals surface area contributed by atoms with Crippen LogP contribution in [-0.2, 0) is 14.6 Å². The number of carbonyl (C=O) groups excluding carboxylic acids is 1. The minimum atomic E-state index is -4.23. The minimum Gasteiger partial charge on any atom is -0.427 e. The third-order valence-corrected chi connectivity index (χ3v) is 6.20. The Morgan fingerprint density at radius 3 is 2.36 bits per heavy atom. The number of nitrogens with zero attached hydrogens (tertiary/aromatic N) is 1. The second-order valence-corrected chi connectivity index (χ2v) is 8.15. The molecule has 0 radical (unpaired) electrons. The molecule has 2 aromatic carbocycles. The van der Waals surface area contributed by atoms with Gasteiger partial charge in [-0.1, -0.05) is 11.6 Å². The van der Waals surface area contributed by atoms with Crippen molar-refractivity contribution in [1.82, 2.24) is 4.98 Å². The number of sulfone groups is 1. The van der Waals surface area contributed by atoms with E-state index < -0.39 is 32.3 Å². The summed E-state index contributed by atoms with van der Waals surface area (Å²) in [7, 11) is -4.23. The summed E-state index contributed by atoms with van der Waals surface area (Å²) in [6, 6.07) is 10.4. The normalized spacial score (nSPS) is 12.4. The molecule has 0 N–H and O–H groups in total. The van der Waals surface area contributed by atoms with Crippen molar-refractivity contribution < 1.29 is 26.7 Å². The summed E-state index contributed by atoms with van der Waals surface area (Å²) >= 11 is 5.81. The van der Waals surface area contributed by atoms with Crippen molar-refractivity contribution in [3.8, 4) is 5.75 Å². The second-order valence-electron chi connectivity index (χ2n) is 5.68. The fourth-order valence-corrected chi connectivity index (χ4v) is 4.52.